The Morgan fingerprint density at radius 1 is 1.18 bits per heavy atom. The van der Waals surface area contributed by atoms with Gasteiger partial charge in [0, 0.05) is 11.5 Å². The molecule has 22 heavy (non-hydrogen) atoms. The summed E-state index contributed by atoms with van der Waals surface area (Å²) in [6.45, 7) is 4.56. The molecule has 3 aromatic rings. The summed E-state index contributed by atoms with van der Waals surface area (Å²) in [6, 6.07) is 12.5. The lowest BCUT2D eigenvalue weighted by Gasteiger charge is -2.22. The second-order valence-electron chi connectivity index (χ2n) is 5.96. The van der Waals surface area contributed by atoms with Crippen molar-refractivity contribution < 1.29 is 8.98 Å². The van der Waals surface area contributed by atoms with Crippen molar-refractivity contribution in [2.24, 2.45) is 7.05 Å². The highest BCUT2D eigenvalue weighted by Crippen LogP contribution is 2.39. The van der Waals surface area contributed by atoms with Crippen LogP contribution < -0.4 is 9.38 Å². The predicted molar refractivity (Wildman–Crippen MR) is 91.4 cm³/mol. The summed E-state index contributed by atoms with van der Waals surface area (Å²) >= 11 is 0. The van der Waals surface area contributed by atoms with Gasteiger partial charge in [0.05, 0.1) is 18.8 Å². The molecule has 0 atom stereocenters. The molecule has 0 radical (unpaired) electrons. The highest BCUT2D eigenvalue weighted by Gasteiger charge is 2.37. The molecule has 1 aliphatic heterocycles. The van der Waals surface area contributed by atoms with E-state index in [-0.39, 0.29) is 6.85 Å². The average molecular weight is 289 g/mol. The number of pyridine rings is 1. The molecule has 0 spiro atoms. The summed E-state index contributed by atoms with van der Waals surface area (Å²) in [6.07, 6.45) is 4.27. The van der Waals surface area contributed by atoms with Crippen LogP contribution in [0.1, 0.15) is 11.1 Å². The van der Waals surface area contributed by atoms with Gasteiger partial charge in [-0.1, -0.05) is 30.3 Å². The van der Waals surface area contributed by atoms with E-state index in [0.717, 1.165) is 22.8 Å². The predicted octanol–water partition coefficient (Wildman–Crippen LogP) is 3.89. The Labute approximate surface area is 130 Å². The maximum Gasteiger partial charge on any atom is 0.405 e. The monoisotopic (exact) mass is 289 g/mol. The lowest BCUT2D eigenvalue weighted by molar-refractivity contribution is -0.658. The largest absolute Gasteiger partial charge is 0.423 e. The third kappa shape index (κ3) is 1.87. The van der Waals surface area contributed by atoms with Gasteiger partial charge in [-0.25, -0.2) is 4.57 Å². The van der Waals surface area contributed by atoms with Gasteiger partial charge in [-0.15, -0.1) is 0 Å². The molecule has 0 fully saturated rings. The first-order valence-corrected chi connectivity index (χ1v) is 7.60. The Hall–Kier alpha value is -2.49. The molecule has 0 saturated carbocycles. The highest BCUT2D eigenvalue weighted by molar-refractivity contribution is 6.69. The fourth-order valence-corrected chi connectivity index (χ4v) is 3.11. The van der Waals surface area contributed by atoms with Gasteiger partial charge in [0.2, 0.25) is 0 Å². The maximum absolute atomic E-state index is 6.18. The first-order valence-electron chi connectivity index (χ1n) is 7.60. The average Bonchev–Trinajstić information content (AvgIpc) is 2.88. The Kier molecular flexibility index (Phi) is 2.86. The molecule has 0 aliphatic carbocycles. The third-order valence-corrected chi connectivity index (χ3v) is 4.31. The Balaban J connectivity index is 1.98. The lowest BCUT2D eigenvalue weighted by atomic mass is 9.61. The Morgan fingerprint density at radius 3 is 2.86 bits per heavy atom. The number of benzene rings is 1. The van der Waals surface area contributed by atoms with E-state index in [9.17, 15) is 0 Å². The van der Waals surface area contributed by atoms with E-state index in [1.807, 2.05) is 12.1 Å². The van der Waals surface area contributed by atoms with E-state index < -0.39 is 0 Å². The van der Waals surface area contributed by atoms with Crippen LogP contribution in [-0.2, 0) is 7.05 Å². The van der Waals surface area contributed by atoms with Crippen LogP contribution in [0.2, 0.25) is 6.82 Å². The third-order valence-electron chi connectivity index (χ3n) is 4.31. The van der Waals surface area contributed by atoms with Crippen LogP contribution in [0.15, 0.2) is 53.0 Å². The van der Waals surface area contributed by atoms with Gasteiger partial charge in [-0.3, -0.25) is 4.81 Å². The van der Waals surface area contributed by atoms with Gasteiger partial charge < -0.3 is 4.42 Å². The van der Waals surface area contributed by atoms with E-state index in [1.165, 1.54) is 10.9 Å². The standard InChI is InChI=1S/C18H18BN2O/c1-13-9-11-20(3)17(12-13)21-18-15(8-10-19(21)2)14-6-4-5-7-16(14)22-18/h4-12H,1-3H3/q+1. The summed E-state index contributed by atoms with van der Waals surface area (Å²) in [5.74, 6) is 4.29. The molecule has 2 aromatic heterocycles. The van der Waals surface area contributed by atoms with E-state index in [2.05, 4.69) is 72.7 Å². The van der Waals surface area contributed by atoms with Crippen molar-refractivity contribution in [1.82, 2.24) is 0 Å². The molecule has 0 saturated heterocycles. The molecule has 4 rings (SSSR count). The molecule has 3 heterocycles. The number of fused-ring (bicyclic) bond motifs is 3. The molecule has 0 unspecified atom stereocenters. The second kappa shape index (κ2) is 4.77. The quantitative estimate of drug-likeness (QED) is 0.500. The van der Waals surface area contributed by atoms with E-state index in [0.29, 0.717) is 0 Å². The molecular weight excluding hydrogens is 271 g/mol. The van der Waals surface area contributed by atoms with Crippen LogP contribution in [0, 0.1) is 6.92 Å². The van der Waals surface area contributed by atoms with E-state index in [4.69, 9.17) is 4.42 Å². The summed E-state index contributed by atoms with van der Waals surface area (Å²) in [4.78, 5) is 2.27. The minimum atomic E-state index is 0.251. The number of rotatable bonds is 1. The molecule has 1 aromatic carbocycles. The van der Waals surface area contributed by atoms with Crippen LogP contribution in [0.4, 0.5) is 11.7 Å². The second-order valence-corrected chi connectivity index (χ2v) is 5.96. The number of anilines is 2. The number of hydrogen-bond acceptors (Lipinski definition) is 2. The topological polar surface area (TPSA) is 20.3 Å². The zero-order chi connectivity index (χ0) is 15.3. The number of hydrogen-bond donors (Lipinski definition) is 0. The number of para-hydroxylation sites is 1. The molecule has 4 heteroatoms. The van der Waals surface area contributed by atoms with Gasteiger partial charge in [-0.2, -0.15) is 0 Å². The molecule has 1 aliphatic rings. The van der Waals surface area contributed by atoms with Gasteiger partial charge in [-0.05, 0) is 31.4 Å². The SMILES string of the molecule is CB1C=Cc2c(oc3ccccc23)N1c1cc(C)cc[n+]1C. The van der Waals surface area contributed by atoms with Crippen molar-refractivity contribution in [2.75, 3.05) is 4.81 Å². The molecule has 108 valence electrons. The zero-order valence-electron chi connectivity index (χ0n) is 13.1. The van der Waals surface area contributed by atoms with Gasteiger partial charge in [0.1, 0.15) is 5.58 Å². The molecule has 0 N–H and O–H groups in total. The zero-order valence-corrected chi connectivity index (χ0v) is 13.1. The first kappa shape index (κ1) is 13.2. The van der Waals surface area contributed by atoms with E-state index >= 15 is 0 Å². The number of aromatic nitrogens is 1. The summed E-state index contributed by atoms with van der Waals surface area (Å²) < 4.78 is 8.32. The summed E-state index contributed by atoms with van der Waals surface area (Å²) in [5.41, 5.74) is 3.34. The van der Waals surface area contributed by atoms with Crippen molar-refractivity contribution >= 4 is 35.6 Å². The van der Waals surface area contributed by atoms with Crippen LogP contribution >= 0.6 is 0 Å². The summed E-state index contributed by atoms with van der Waals surface area (Å²) in [5, 5.41) is 1.17. The number of furan rings is 1. The lowest BCUT2D eigenvalue weighted by Crippen LogP contribution is -2.43. The van der Waals surface area contributed by atoms with Gasteiger partial charge in [0.15, 0.2) is 0 Å². The van der Waals surface area contributed by atoms with E-state index in [1.54, 1.807) is 0 Å². The van der Waals surface area contributed by atoms with Crippen LogP contribution in [-0.4, -0.2) is 6.85 Å². The Morgan fingerprint density at radius 2 is 2.00 bits per heavy atom. The number of nitrogens with zero attached hydrogens (tertiary/aromatic N) is 2. The van der Waals surface area contributed by atoms with Crippen molar-refractivity contribution in [1.29, 1.82) is 0 Å². The highest BCUT2D eigenvalue weighted by atomic mass is 16.4. The molecule has 3 nitrogen and oxygen atoms in total. The summed E-state index contributed by atoms with van der Waals surface area (Å²) in [7, 11) is 2.07. The maximum atomic E-state index is 6.18. The molecule has 0 bridgehead atoms. The first-order chi connectivity index (χ1) is 10.6. The van der Waals surface area contributed by atoms with Crippen LogP contribution in [0.25, 0.3) is 17.0 Å². The van der Waals surface area contributed by atoms with Crippen LogP contribution in [0.5, 0.6) is 0 Å². The smallest absolute Gasteiger partial charge is 0.405 e. The van der Waals surface area contributed by atoms with Crippen molar-refractivity contribution in [3.63, 3.8) is 0 Å². The normalized spacial score (nSPS) is 13.8. The van der Waals surface area contributed by atoms with Gasteiger partial charge >= 0.3 is 6.85 Å². The number of aryl methyl sites for hydroxylation is 2. The van der Waals surface area contributed by atoms with Crippen LogP contribution in [0.3, 0.4) is 0 Å². The fraction of sp³-hybridized carbons (Fsp3) is 0.167. The molecule has 0 amide bonds. The van der Waals surface area contributed by atoms with Crippen molar-refractivity contribution in [2.45, 2.75) is 13.7 Å². The van der Waals surface area contributed by atoms with Crippen molar-refractivity contribution in [3.05, 3.63) is 59.7 Å². The minimum Gasteiger partial charge on any atom is -0.423 e. The van der Waals surface area contributed by atoms with Gasteiger partial charge in [0.25, 0.3) is 11.7 Å². The van der Waals surface area contributed by atoms with Crippen molar-refractivity contribution in [3.8, 4) is 0 Å². The Bertz CT molecular complexity index is 897. The molecular formula is C18H18BN2O+. The minimum absolute atomic E-state index is 0.251. The fourth-order valence-electron chi connectivity index (χ4n) is 3.11.